The van der Waals surface area contributed by atoms with Crippen LogP contribution >= 0.6 is 11.6 Å². The lowest BCUT2D eigenvalue weighted by Crippen LogP contribution is -2.12. The van der Waals surface area contributed by atoms with E-state index in [9.17, 15) is 0 Å². The first kappa shape index (κ1) is 11.1. The van der Waals surface area contributed by atoms with Gasteiger partial charge in [-0.15, -0.1) is 0 Å². The van der Waals surface area contributed by atoms with Gasteiger partial charge < -0.3 is 0 Å². The number of hydrogen-bond acceptors (Lipinski definition) is 3. The Labute approximate surface area is 109 Å². The lowest BCUT2D eigenvalue weighted by molar-refractivity contribution is 1.06. The molecule has 1 aromatic heterocycles. The second-order valence-corrected chi connectivity index (χ2v) is 4.32. The number of hydrogen-bond donors (Lipinski definition) is 2. The molecule has 3 aromatic rings. The zero-order valence-electron chi connectivity index (χ0n) is 9.47. The number of imidazole rings is 1. The van der Waals surface area contributed by atoms with E-state index in [1.165, 1.54) is 0 Å². The van der Waals surface area contributed by atoms with Gasteiger partial charge in [0.15, 0.2) is 0 Å². The van der Waals surface area contributed by atoms with Crippen molar-refractivity contribution in [2.75, 3.05) is 5.43 Å². The summed E-state index contributed by atoms with van der Waals surface area (Å²) < 4.78 is 1.95. The molecular formula is C13H11ClN4. The molecule has 0 fully saturated rings. The van der Waals surface area contributed by atoms with E-state index in [0.717, 1.165) is 16.7 Å². The number of para-hydroxylation sites is 1. The predicted octanol–water partition coefficient (Wildman–Crippen LogP) is 2.96. The summed E-state index contributed by atoms with van der Waals surface area (Å²) in [6.45, 7) is 0. The molecule has 90 valence electrons. The van der Waals surface area contributed by atoms with Crippen LogP contribution in [-0.2, 0) is 0 Å². The van der Waals surface area contributed by atoms with Gasteiger partial charge in [0.05, 0.1) is 11.0 Å². The lowest BCUT2D eigenvalue weighted by atomic mass is 10.3. The Morgan fingerprint density at radius 1 is 1.11 bits per heavy atom. The number of fused-ring (bicyclic) bond motifs is 1. The van der Waals surface area contributed by atoms with Gasteiger partial charge in [0.25, 0.3) is 0 Å². The standard InChI is InChI=1S/C13H11ClN4/c14-9-6-7-12-11(8-9)16-13(17-15)18(12)10-4-2-1-3-5-10/h1-8H,15H2,(H,16,17). The number of rotatable bonds is 2. The van der Waals surface area contributed by atoms with Crippen molar-refractivity contribution in [3.63, 3.8) is 0 Å². The lowest BCUT2D eigenvalue weighted by Gasteiger charge is -2.07. The average Bonchev–Trinajstić information content (AvgIpc) is 2.77. The summed E-state index contributed by atoms with van der Waals surface area (Å²) in [5.41, 5.74) is 5.37. The fourth-order valence-electron chi connectivity index (χ4n) is 1.99. The minimum Gasteiger partial charge on any atom is -0.293 e. The highest BCUT2D eigenvalue weighted by Gasteiger charge is 2.11. The van der Waals surface area contributed by atoms with Gasteiger partial charge in [-0.3, -0.25) is 9.99 Å². The summed E-state index contributed by atoms with van der Waals surface area (Å²) in [6.07, 6.45) is 0. The van der Waals surface area contributed by atoms with Crippen LogP contribution in [0.2, 0.25) is 5.02 Å². The maximum Gasteiger partial charge on any atom is 0.223 e. The maximum atomic E-state index is 5.97. The van der Waals surface area contributed by atoms with Gasteiger partial charge in [-0.25, -0.2) is 10.8 Å². The Bertz CT molecular complexity index is 691. The zero-order valence-corrected chi connectivity index (χ0v) is 10.2. The highest BCUT2D eigenvalue weighted by Crippen LogP contribution is 2.26. The number of nitrogen functional groups attached to an aromatic ring is 1. The molecule has 0 aliphatic heterocycles. The van der Waals surface area contributed by atoms with Crippen molar-refractivity contribution >= 4 is 28.6 Å². The molecule has 3 rings (SSSR count). The van der Waals surface area contributed by atoms with Gasteiger partial charge in [0.2, 0.25) is 5.95 Å². The van der Waals surface area contributed by atoms with Crippen molar-refractivity contribution < 1.29 is 0 Å². The molecule has 1 heterocycles. The molecule has 0 aliphatic carbocycles. The van der Waals surface area contributed by atoms with Crippen LogP contribution in [0.4, 0.5) is 5.95 Å². The molecule has 0 saturated heterocycles. The van der Waals surface area contributed by atoms with Crippen LogP contribution in [0.15, 0.2) is 48.5 Å². The molecule has 18 heavy (non-hydrogen) atoms. The highest BCUT2D eigenvalue weighted by atomic mass is 35.5. The smallest absolute Gasteiger partial charge is 0.223 e. The number of nitrogens with zero attached hydrogens (tertiary/aromatic N) is 2. The van der Waals surface area contributed by atoms with Crippen LogP contribution in [0, 0.1) is 0 Å². The van der Waals surface area contributed by atoms with E-state index in [2.05, 4.69) is 10.4 Å². The number of halogens is 1. The third-order valence-corrected chi connectivity index (χ3v) is 3.00. The normalized spacial score (nSPS) is 10.8. The number of nitrogens with two attached hydrogens (primary N) is 1. The van der Waals surface area contributed by atoms with Gasteiger partial charge >= 0.3 is 0 Å². The average molecular weight is 259 g/mol. The Morgan fingerprint density at radius 2 is 1.89 bits per heavy atom. The van der Waals surface area contributed by atoms with E-state index in [0.29, 0.717) is 11.0 Å². The van der Waals surface area contributed by atoms with E-state index in [1.54, 1.807) is 0 Å². The molecule has 0 bridgehead atoms. The molecule has 0 aliphatic rings. The van der Waals surface area contributed by atoms with E-state index >= 15 is 0 Å². The van der Waals surface area contributed by atoms with Gasteiger partial charge in [0, 0.05) is 10.7 Å². The molecule has 5 heteroatoms. The van der Waals surface area contributed by atoms with Gasteiger partial charge in [-0.1, -0.05) is 29.8 Å². The molecule has 0 atom stereocenters. The molecule has 3 N–H and O–H groups in total. The van der Waals surface area contributed by atoms with Crippen LogP contribution in [0.25, 0.3) is 16.7 Å². The van der Waals surface area contributed by atoms with Crippen LogP contribution < -0.4 is 11.3 Å². The van der Waals surface area contributed by atoms with Gasteiger partial charge in [-0.05, 0) is 30.3 Å². The largest absolute Gasteiger partial charge is 0.293 e. The van der Waals surface area contributed by atoms with Gasteiger partial charge in [-0.2, -0.15) is 0 Å². The third kappa shape index (κ3) is 1.72. The summed E-state index contributed by atoms with van der Waals surface area (Å²) in [6, 6.07) is 15.5. The van der Waals surface area contributed by atoms with Crippen molar-refractivity contribution in [1.82, 2.24) is 9.55 Å². The van der Waals surface area contributed by atoms with E-state index in [4.69, 9.17) is 17.4 Å². The van der Waals surface area contributed by atoms with Crippen molar-refractivity contribution in [2.45, 2.75) is 0 Å². The summed E-state index contributed by atoms with van der Waals surface area (Å²) in [7, 11) is 0. The molecule has 0 amide bonds. The second-order valence-electron chi connectivity index (χ2n) is 3.88. The predicted molar refractivity (Wildman–Crippen MR) is 73.9 cm³/mol. The molecule has 4 nitrogen and oxygen atoms in total. The first-order valence-electron chi connectivity index (χ1n) is 5.49. The quantitative estimate of drug-likeness (QED) is 0.549. The Morgan fingerprint density at radius 3 is 2.61 bits per heavy atom. The molecule has 0 spiro atoms. The van der Waals surface area contributed by atoms with Crippen LogP contribution in [0.3, 0.4) is 0 Å². The number of benzene rings is 2. The SMILES string of the molecule is NNc1nc2cc(Cl)ccc2n1-c1ccccc1. The van der Waals surface area contributed by atoms with Crippen LogP contribution in [0.1, 0.15) is 0 Å². The summed E-state index contributed by atoms with van der Waals surface area (Å²) in [5, 5.41) is 0.656. The Kier molecular flexibility index (Phi) is 2.66. The Balaban J connectivity index is 2.33. The Hall–Kier alpha value is -2.04. The topological polar surface area (TPSA) is 55.9 Å². The molecular weight excluding hydrogens is 248 g/mol. The zero-order chi connectivity index (χ0) is 12.5. The summed E-state index contributed by atoms with van der Waals surface area (Å²) >= 11 is 5.97. The minimum atomic E-state index is 0.582. The van der Waals surface area contributed by atoms with Crippen LogP contribution in [-0.4, -0.2) is 9.55 Å². The number of anilines is 1. The second kappa shape index (κ2) is 4.33. The van der Waals surface area contributed by atoms with Gasteiger partial charge in [0.1, 0.15) is 0 Å². The minimum absolute atomic E-state index is 0.582. The van der Waals surface area contributed by atoms with E-state index in [1.807, 2.05) is 53.1 Å². The first-order valence-corrected chi connectivity index (χ1v) is 5.87. The number of hydrazine groups is 1. The molecule has 2 aromatic carbocycles. The summed E-state index contributed by atoms with van der Waals surface area (Å²) in [5.74, 6) is 6.11. The fraction of sp³-hybridized carbons (Fsp3) is 0. The van der Waals surface area contributed by atoms with Crippen molar-refractivity contribution in [3.8, 4) is 5.69 Å². The van der Waals surface area contributed by atoms with E-state index < -0.39 is 0 Å². The fourth-order valence-corrected chi connectivity index (χ4v) is 2.16. The van der Waals surface area contributed by atoms with Crippen molar-refractivity contribution in [3.05, 3.63) is 53.6 Å². The van der Waals surface area contributed by atoms with Crippen LogP contribution in [0.5, 0.6) is 0 Å². The number of nitrogens with one attached hydrogen (secondary N) is 1. The third-order valence-electron chi connectivity index (χ3n) is 2.76. The van der Waals surface area contributed by atoms with E-state index in [-0.39, 0.29) is 0 Å². The first-order chi connectivity index (χ1) is 8.79. The molecule has 0 radical (unpaired) electrons. The maximum absolute atomic E-state index is 5.97. The molecule has 0 unspecified atom stereocenters. The summed E-state index contributed by atoms with van der Waals surface area (Å²) in [4.78, 5) is 4.41. The van der Waals surface area contributed by atoms with Crippen molar-refractivity contribution in [2.24, 2.45) is 5.84 Å². The number of aromatic nitrogens is 2. The highest BCUT2D eigenvalue weighted by molar-refractivity contribution is 6.31. The monoisotopic (exact) mass is 258 g/mol. The molecule has 0 saturated carbocycles. The van der Waals surface area contributed by atoms with Crippen molar-refractivity contribution in [1.29, 1.82) is 0 Å².